The zero-order chi connectivity index (χ0) is 23.0. The van der Waals surface area contributed by atoms with Crippen LogP contribution in [0.15, 0.2) is 64.4 Å². The molecule has 1 aliphatic heterocycles. The largest absolute Gasteiger partial charge is 0.493 e. The molecule has 0 saturated heterocycles. The highest BCUT2D eigenvalue weighted by atomic mass is 19.4. The summed E-state index contributed by atoms with van der Waals surface area (Å²) < 4.78 is 48.2. The van der Waals surface area contributed by atoms with E-state index in [9.17, 15) is 23.1 Å². The first-order valence-corrected chi connectivity index (χ1v) is 10.4. The van der Waals surface area contributed by atoms with Gasteiger partial charge < -0.3 is 14.8 Å². The number of rotatable bonds is 5. The van der Waals surface area contributed by atoms with Crippen LogP contribution in [-0.2, 0) is 5.41 Å². The van der Waals surface area contributed by atoms with E-state index in [0.29, 0.717) is 41.3 Å². The third-order valence-corrected chi connectivity index (χ3v) is 6.23. The van der Waals surface area contributed by atoms with Crippen molar-refractivity contribution in [2.45, 2.75) is 43.4 Å². The minimum atomic E-state index is -4.94. The van der Waals surface area contributed by atoms with Crippen LogP contribution < -0.4 is 10.3 Å². The highest BCUT2D eigenvalue weighted by Crippen LogP contribution is 2.49. The number of nitrogens with zero attached hydrogens (tertiary/aromatic N) is 1. The molecule has 2 N–H and O–H groups in total. The van der Waals surface area contributed by atoms with Crippen LogP contribution in [0.25, 0.3) is 10.9 Å². The lowest BCUT2D eigenvalue weighted by Gasteiger charge is -2.43. The molecule has 4 rings (SSSR count). The molecule has 32 heavy (non-hydrogen) atoms. The zero-order valence-electron chi connectivity index (χ0n) is 17.4. The van der Waals surface area contributed by atoms with Crippen molar-refractivity contribution in [2.75, 3.05) is 6.61 Å². The van der Waals surface area contributed by atoms with Gasteiger partial charge in [0.15, 0.2) is 5.60 Å². The molecule has 3 aromatic rings. The van der Waals surface area contributed by atoms with Crippen molar-refractivity contribution < 1.29 is 23.0 Å². The van der Waals surface area contributed by atoms with Crippen LogP contribution in [0.1, 0.15) is 31.7 Å². The number of aromatic amines is 1. The molecule has 168 valence electrons. The lowest BCUT2D eigenvalue weighted by molar-refractivity contribution is -0.236. The maximum absolute atomic E-state index is 14.2. The summed E-state index contributed by atoms with van der Waals surface area (Å²) in [6.45, 7) is 2.09. The van der Waals surface area contributed by atoms with E-state index in [4.69, 9.17) is 4.74 Å². The fourth-order valence-electron chi connectivity index (χ4n) is 4.39. The van der Waals surface area contributed by atoms with Gasteiger partial charge in [0.2, 0.25) is 5.56 Å². The number of ether oxygens (including phenoxy) is 1. The number of nitrogens with one attached hydrogen (secondary N) is 1. The van der Waals surface area contributed by atoms with Crippen molar-refractivity contribution in [3.8, 4) is 5.75 Å². The van der Waals surface area contributed by atoms with Gasteiger partial charge in [0.05, 0.1) is 17.8 Å². The van der Waals surface area contributed by atoms with E-state index >= 15 is 0 Å². The second kappa shape index (κ2) is 8.09. The fraction of sp³-hybridized carbons (Fsp3) is 0.333. The van der Waals surface area contributed by atoms with Gasteiger partial charge in [-0.2, -0.15) is 13.2 Å². The molecule has 0 amide bonds. The number of halogens is 3. The monoisotopic (exact) mass is 444 g/mol. The molecule has 2 atom stereocenters. The lowest BCUT2D eigenvalue weighted by Crippen LogP contribution is -2.52. The third-order valence-electron chi connectivity index (χ3n) is 6.23. The Morgan fingerprint density at radius 2 is 1.94 bits per heavy atom. The molecule has 0 radical (unpaired) electrons. The number of hydrogen-bond acceptors (Lipinski definition) is 4. The molecule has 1 aliphatic rings. The Morgan fingerprint density at radius 1 is 1.16 bits per heavy atom. The number of pyridine rings is 1. The van der Waals surface area contributed by atoms with Crippen molar-refractivity contribution in [2.24, 2.45) is 4.99 Å². The summed E-state index contributed by atoms with van der Waals surface area (Å²) >= 11 is 0. The van der Waals surface area contributed by atoms with Crippen molar-refractivity contribution in [1.29, 1.82) is 0 Å². The van der Waals surface area contributed by atoms with E-state index in [2.05, 4.69) is 9.98 Å². The quantitative estimate of drug-likeness (QED) is 0.541. The second-order valence-corrected chi connectivity index (χ2v) is 8.15. The smallest absolute Gasteiger partial charge is 0.422 e. The van der Waals surface area contributed by atoms with Crippen LogP contribution in [0.3, 0.4) is 0 Å². The maximum atomic E-state index is 14.2. The van der Waals surface area contributed by atoms with E-state index in [1.165, 1.54) is 18.2 Å². The van der Waals surface area contributed by atoms with Gasteiger partial charge in [0, 0.05) is 35.1 Å². The fourth-order valence-corrected chi connectivity index (χ4v) is 4.39. The molecule has 2 heterocycles. The summed E-state index contributed by atoms with van der Waals surface area (Å²) in [5.41, 5.74) is -3.07. The van der Waals surface area contributed by atoms with Crippen LogP contribution in [0.2, 0.25) is 0 Å². The molecule has 0 fully saturated rings. The molecule has 2 aromatic carbocycles. The van der Waals surface area contributed by atoms with Crippen LogP contribution in [-0.4, -0.2) is 34.7 Å². The van der Waals surface area contributed by atoms with Crippen LogP contribution in [0, 0.1) is 0 Å². The number of alkyl halides is 3. The third kappa shape index (κ3) is 3.90. The van der Waals surface area contributed by atoms with Crippen LogP contribution >= 0.6 is 0 Å². The van der Waals surface area contributed by atoms with E-state index in [1.807, 2.05) is 6.92 Å². The number of aliphatic hydroxyl groups is 1. The van der Waals surface area contributed by atoms with Crippen molar-refractivity contribution in [1.82, 2.24) is 4.98 Å². The molecular formula is C24H23F3N2O3. The average molecular weight is 444 g/mol. The Morgan fingerprint density at radius 3 is 2.69 bits per heavy atom. The van der Waals surface area contributed by atoms with Gasteiger partial charge in [-0.1, -0.05) is 31.2 Å². The summed E-state index contributed by atoms with van der Waals surface area (Å²) in [7, 11) is 0. The normalized spacial score (nSPS) is 20.7. The number of benzene rings is 2. The first kappa shape index (κ1) is 22.1. The number of hydrogen-bond donors (Lipinski definition) is 2. The minimum Gasteiger partial charge on any atom is -0.493 e. The van der Waals surface area contributed by atoms with Gasteiger partial charge in [0.25, 0.3) is 0 Å². The first-order chi connectivity index (χ1) is 15.2. The van der Waals surface area contributed by atoms with Crippen LogP contribution in [0.5, 0.6) is 5.75 Å². The molecule has 0 aliphatic carbocycles. The predicted octanol–water partition coefficient (Wildman–Crippen LogP) is 5.04. The molecule has 0 spiro atoms. The van der Waals surface area contributed by atoms with E-state index < -0.39 is 23.6 Å². The van der Waals surface area contributed by atoms with Crippen molar-refractivity contribution in [3.05, 3.63) is 70.5 Å². The highest BCUT2D eigenvalue weighted by molar-refractivity contribution is 5.91. The molecule has 5 nitrogen and oxygen atoms in total. The lowest BCUT2D eigenvalue weighted by atomic mass is 9.67. The van der Waals surface area contributed by atoms with Gasteiger partial charge in [-0.3, -0.25) is 9.79 Å². The number of aliphatic imine (C=N–C) groups is 1. The summed E-state index contributed by atoms with van der Waals surface area (Å²) in [5, 5.41) is 11.4. The zero-order valence-corrected chi connectivity index (χ0v) is 17.4. The standard InChI is InChI=1S/C24H23F3N2O3/c1-2-22(12-13-32-20-9-4-3-6-17(20)22)14-23(31,24(25,26)27)15-28-18-7-5-8-19-16(18)10-11-21(30)29-19/h3-11,15,31H,2,12-14H2,1H3,(H,29,30)/b28-15+. The number of para-hydroxylation sites is 1. The van der Waals surface area contributed by atoms with Gasteiger partial charge in [-0.05, 0) is 37.1 Å². The minimum absolute atomic E-state index is 0.222. The molecule has 0 bridgehead atoms. The molecule has 8 heteroatoms. The van der Waals surface area contributed by atoms with Gasteiger partial charge in [0.1, 0.15) is 5.75 Å². The van der Waals surface area contributed by atoms with Gasteiger partial charge in [-0.25, -0.2) is 0 Å². The molecular weight excluding hydrogens is 421 g/mol. The number of aromatic nitrogens is 1. The Bertz CT molecular complexity index is 1220. The Hall–Kier alpha value is -3.13. The maximum Gasteiger partial charge on any atom is 0.422 e. The highest BCUT2D eigenvalue weighted by Gasteiger charge is 2.57. The molecule has 2 unspecified atom stereocenters. The predicted molar refractivity (Wildman–Crippen MR) is 117 cm³/mol. The number of H-pyrrole nitrogens is 1. The number of fused-ring (bicyclic) bond motifs is 2. The van der Waals surface area contributed by atoms with E-state index in [-0.39, 0.29) is 17.9 Å². The van der Waals surface area contributed by atoms with Crippen molar-refractivity contribution >= 4 is 22.8 Å². The first-order valence-electron chi connectivity index (χ1n) is 10.4. The van der Waals surface area contributed by atoms with Crippen molar-refractivity contribution in [3.63, 3.8) is 0 Å². The van der Waals surface area contributed by atoms with Gasteiger partial charge >= 0.3 is 6.18 Å². The Kier molecular flexibility index (Phi) is 5.58. The SMILES string of the molecule is CCC1(CC(O)(/C=N/c2cccc3[nH]c(=O)ccc23)C(F)(F)F)CCOc2ccccc21. The summed E-state index contributed by atoms with van der Waals surface area (Å²) in [6.07, 6.45) is -4.18. The Labute approximate surface area is 182 Å². The second-order valence-electron chi connectivity index (χ2n) is 8.15. The summed E-state index contributed by atoms with van der Waals surface area (Å²) in [4.78, 5) is 18.2. The van der Waals surface area contributed by atoms with Crippen LogP contribution in [0.4, 0.5) is 18.9 Å². The van der Waals surface area contributed by atoms with Gasteiger partial charge in [-0.15, -0.1) is 0 Å². The van der Waals surface area contributed by atoms with E-state index in [0.717, 1.165) is 0 Å². The summed E-state index contributed by atoms with van der Waals surface area (Å²) in [5.74, 6) is 0.542. The summed E-state index contributed by atoms with van der Waals surface area (Å²) in [6, 6.07) is 14.5. The Balaban J connectivity index is 1.77. The molecule has 1 aromatic heterocycles. The average Bonchev–Trinajstić information content (AvgIpc) is 2.77. The van der Waals surface area contributed by atoms with E-state index in [1.54, 1.807) is 36.4 Å². The topological polar surface area (TPSA) is 74.7 Å². The molecule has 0 saturated carbocycles.